The molecular formula is C7H13NOS. The summed E-state index contributed by atoms with van der Waals surface area (Å²) in [5.41, 5.74) is 0. The second-order valence-electron chi connectivity index (χ2n) is 2.79. The summed E-state index contributed by atoms with van der Waals surface area (Å²) in [6.45, 7) is 0. The van der Waals surface area contributed by atoms with E-state index in [1.54, 1.807) is 11.8 Å². The van der Waals surface area contributed by atoms with Gasteiger partial charge in [-0.25, -0.2) is 0 Å². The molecule has 10 heavy (non-hydrogen) atoms. The Labute approximate surface area is 66.0 Å². The van der Waals surface area contributed by atoms with Crippen LogP contribution in [0.2, 0.25) is 0 Å². The first kappa shape index (κ1) is 8.08. The Morgan fingerprint density at radius 2 is 2.30 bits per heavy atom. The van der Waals surface area contributed by atoms with E-state index in [0.29, 0.717) is 6.04 Å². The number of thioether (sulfide) groups is 1. The minimum atomic E-state index is 0.218. The largest absolute Gasteiger partial charge is 0.305 e. The van der Waals surface area contributed by atoms with Crippen LogP contribution >= 0.6 is 11.8 Å². The fraction of sp³-hybridized carbons (Fsp3) is 0.857. The summed E-state index contributed by atoms with van der Waals surface area (Å²) < 4.78 is 0. The number of nitrogens with zero attached hydrogens (tertiary/aromatic N) is 1. The molecule has 1 aliphatic rings. The molecule has 2 nitrogen and oxygen atoms in total. The van der Waals surface area contributed by atoms with Gasteiger partial charge in [-0.15, -0.1) is 11.8 Å². The van der Waals surface area contributed by atoms with E-state index in [2.05, 4.69) is 4.90 Å². The van der Waals surface area contributed by atoms with E-state index in [4.69, 9.17) is 0 Å². The number of rotatable bonds is 2. The third-order valence-electron chi connectivity index (χ3n) is 1.90. The number of aldehydes is 1. The van der Waals surface area contributed by atoms with Gasteiger partial charge in [0.2, 0.25) is 0 Å². The van der Waals surface area contributed by atoms with Crippen LogP contribution in [0.25, 0.3) is 0 Å². The fourth-order valence-corrected chi connectivity index (χ4v) is 2.61. The number of carbonyl (C=O) groups excluding carboxylic acids is 1. The van der Waals surface area contributed by atoms with Crippen LogP contribution in [0.4, 0.5) is 0 Å². The molecular weight excluding hydrogens is 146 g/mol. The summed E-state index contributed by atoms with van der Waals surface area (Å²) in [4.78, 5) is 12.6. The first-order valence-corrected chi connectivity index (χ1v) is 4.54. The molecule has 0 aromatic heterocycles. The van der Waals surface area contributed by atoms with Crippen molar-refractivity contribution in [2.45, 2.75) is 17.7 Å². The third-order valence-corrected chi connectivity index (χ3v) is 3.18. The maximum atomic E-state index is 10.5. The van der Waals surface area contributed by atoms with Crippen molar-refractivity contribution in [3.63, 3.8) is 0 Å². The number of carbonyl (C=O) groups is 1. The summed E-state index contributed by atoms with van der Waals surface area (Å²) in [6.07, 6.45) is 2.23. The quantitative estimate of drug-likeness (QED) is 0.551. The van der Waals surface area contributed by atoms with Gasteiger partial charge < -0.3 is 9.69 Å². The lowest BCUT2D eigenvalue weighted by Crippen LogP contribution is -2.34. The minimum Gasteiger partial charge on any atom is -0.305 e. The van der Waals surface area contributed by atoms with E-state index in [-0.39, 0.29) is 5.25 Å². The molecule has 1 heterocycles. The van der Waals surface area contributed by atoms with Crippen molar-refractivity contribution in [1.29, 1.82) is 0 Å². The van der Waals surface area contributed by atoms with E-state index in [1.165, 1.54) is 0 Å². The number of hydrogen-bond acceptors (Lipinski definition) is 3. The molecule has 0 aromatic carbocycles. The Hall–Kier alpha value is -0.0200. The van der Waals surface area contributed by atoms with Crippen LogP contribution in [0.3, 0.4) is 0 Å². The first-order chi connectivity index (χ1) is 4.75. The average molecular weight is 159 g/mol. The molecule has 3 heteroatoms. The van der Waals surface area contributed by atoms with Crippen molar-refractivity contribution in [3.05, 3.63) is 0 Å². The third kappa shape index (κ3) is 1.52. The molecule has 2 unspecified atom stereocenters. The zero-order valence-corrected chi connectivity index (χ0v) is 7.23. The maximum Gasteiger partial charge on any atom is 0.134 e. The van der Waals surface area contributed by atoms with Gasteiger partial charge in [0.15, 0.2) is 0 Å². The smallest absolute Gasteiger partial charge is 0.134 e. The monoisotopic (exact) mass is 159 g/mol. The minimum absolute atomic E-state index is 0.218. The summed E-state index contributed by atoms with van der Waals surface area (Å²) in [5, 5.41) is 0.218. The molecule has 1 fully saturated rings. The van der Waals surface area contributed by atoms with Crippen LogP contribution in [0.5, 0.6) is 0 Å². The van der Waals surface area contributed by atoms with Crippen LogP contribution in [0.15, 0.2) is 0 Å². The lowest BCUT2D eigenvalue weighted by Gasteiger charge is -2.21. The zero-order valence-electron chi connectivity index (χ0n) is 6.41. The Morgan fingerprint density at radius 3 is 2.70 bits per heavy atom. The van der Waals surface area contributed by atoms with E-state index in [1.807, 2.05) is 14.1 Å². The van der Waals surface area contributed by atoms with Crippen LogP contribution in [0.1, 0.15) is 6.42 Å². The molecule has 1 saturated heterocycles. The Bertz CT molecular complexity index is 127. The molecule has 58 valence electrons. The molecule has 2 atom stereocenters. The Kier molecular flexibility index (Phi) is 2.74. The van der Waals surface area contributed by atoms with Crippen molar-refractivity contribution in [3.8, 4) is 0 Å². The van der Waals surface area contributed by atoms with Gasteiger partial charge in [-0.1, -0.05) is 0 Å². The van der Waals surface area contributed by atoms with Gasteiger partial charge in [-0.3, -0.25) is 0 Å². The predicted molar refractivity (Wildman–Crippen MR) is 44.4 cm³/mol. The molecule has 0 aliphatic carbocycles. The van der Waals surface area contributed by atoms with Crippen molar-refractivity contribution in [2.24, 2.45) is 0 Å². The molecule has 1 aliphatic heterocycles. The van der Waals surface area contributed by atoms with Gasteiger partial charge in [-0.05, 0) is 26.3 Å². The Morgan fingerprint density at radius 1 is 1.60 bits per heavy atom. The normalized spacial score (nSPS) is 33.1. The summed E-state index contributed by atoms with van der Waals surface area (Å²) in [7, 11) is 4.07. The van der Waals surface area contributed by atoms with Crippen molar-refractivity contribution in [2.75, 3.05) is 19.8 Å². The molecule has 1 rings (SSSR count). The van der Waals surface area contributed by atoms with E-state index >= 15 is 0 Å². The van der Waals surface area contributed by atoms with E-state index in [0.717, 1.165) is 18.5 Å². The standard InChI is InChI=1S/C7H13NOS/c1-8(2)6-3-4-10-7(6)5-9/h5-7H,3-4H2,1-2H3. The van der Waals surface area contributed by atoms with Gasteiger partial charge in [0.25, 0.3) is 0 Å². The van der Waals surface area contributed by atoms with Crippen LogP contribution < -0.4 is 0 Å². The summed E-state index contributed by atoms with van der Waals surface area (Å²) in [5.74, 6) is 1.13. The van der Waals surface area contributed by atoms with Crippen molar-refractivity contribution < 1.29 is 4.79 Å². The highest BCUT2D eigenvalue weighted by Gasteiger charge is 2.28. The SMILES string of the molecule is CN(C)C1CCSC1C=O. The van der Waals surface area contributed by atoms with E-state index in [9.17, 15) is 4.79 Å². The predicted octanol–water partition coefficient (Wildman–Crippen LogP) is 0.621. The number of hydrogen-bond donors (Lipinski definition) is 0. The molecule has 0 amide bonds. The second-order valence-corrected chi connectivity index (χ2v) is 4.08. The van der Waals surface area contributed by atoms with Crippen LogP contribution in [-0.2, 0) is 4.79 Å². The summed E-state index contributed by atoms with van der Waals surface area (Å²) >= 11 is 1.77. The lowest BCUT2D eigenvalue weighted by atomic mass is 10.1. The lowest BCUT2D eigenvalue weighted by molar-refractivity contribution is -0.108. The molecule has 0 bridgehead atoms. The molecule has 0 spiro atoms. The van der Waals surface area contributed by atoms with Crippen LogP contribution in [0, 0.1) is 0 Å². The molecule has 0 radical (unpaired) electrons. The zero-order chi connectivity index (χ0) is 7.56. The first-order valence-electron chi connectivity index (χ1n) is 3.49. The Balaban J connectivity index is 2.49. The highest BCUT2D eigenvalue weighted by Crippen LogP contribution is 2.27. The van der Waals surface area contributed by atoms with Gasteiger partial charge >= 0.3 is 0 Å². The molecule has 0 N–H and O–H groups in total. The highest BCUT2D eigenvalue weighted by molar-refractivity contribution is 8.00. The highest BCUT2D eigenvalue weighted by atomic mass is 32.2. The average Bonchev–Trinajstić information content (AvgIpc) is 2.33. The molecule has 0 aromatic rings. The van der Waals surface area contributed by atoms with Crippen molar-refractivity contribution in [1.82, 2.24) is 4.90 Å². The molecule has 0 saturated carbocycles. The maximum absolute atomic E-state index is 10.5. The van der Waals surface area contributed by atoms with Crippen molar-refractivity contribution >= 4 is 18.0 Å². The van der Waals surface area contributed by atoms with E-state index < -0.39 is 0 Å². The second kappa shape index (κ2) is 3.39. The topological polar surface area (TPSA) is 20.3 Å². The fourth-order valence-electron chi connectivity index (χ4n) is 1.28. The summed E-state index contributed by atoms with van der Waals surface area (Å²) in [6, 6.07) is 0.475. The van der Waals surface area contributed by atoms with Crippen LogP contribution in [-0.4, -0.2) is 42.3 Å². The van der Waals surface area contributed by atoms with Gasteiger partial charge in [0.05, 0.1) is 5.25 Å². The van der Waals surface area contributed by atoms with Gasteiger partial charge in [0, 0.05) is 6.04 Å². The van der Waals surface area contributed by atoms with Gasteiger partial charge in [-0.2, -0.15) is 0 Å². The van der Waals surface area contributed by atoms with Gasteiger partial charge in [0.1, 0.15) is 6.29 Å².